The van der Waals surface area contributed by atoms with Crippen molar-refractivity contribution in [3.63, 3.8) is 0 Å². The van der Waals surface area contributed by atoms with Gasteiger partial charge in [0, 0.05) is 6.08 Å². The molecule has 0 atom stereocenters. The topological polar surface area (TPSA) is 94.9 Å². The van der Waals surface area contributed by atoms with Gasteiger partial charge in [-0.1, -0.05) is 6.07 Å². The first-order valence-electron chi connectivity index (χ1n) is 5.44. The van der Waals surface area contributed by atoms with Crippen LogP contribution in [-0.4, -0.2) is 16.8 Å². The Kier molecular flexibility index (Phi) is 2.92. The van der Waals surface area contributed by atoms with Gasteiger partial charge in [0.2, 0.25) is 5.90 Å². The first kappa shape index (κ1) is 12.3. The fraction of sp³-hybridized carbons (Fsp3) is 0. The lowest BCUT2D eigenvalue weighted by Gasteiger charge is -1.92. The van der Waals surface area contributed by atoms with Crippen LogP contribution in [0.4, 0.5) is 5.88 Å². The average Bonchev–Trinajstić information content (AvgIpc) is 3.11. The molecule has 2 aromatic heterocycles. The Balaban J connectivity index is 1.91. The van der Waals surface area contributed by atoms with Gasteiger partial charge in [-0.3, -0.25) is 10.1 Å². The van der Waals surface area contributed by atoms with E-state index < -0.39 is 16.8 Å². The van der Waals surface area contributed by atoms with Gasteiger partial charge in [0.15, 0.2) is 5.70 Å². The Labute approximate surface area is 116 Å². The SMILES string of the molecule is O=C1OC(c2cccs2)=N/C1=C\c1ccc([N+](=O)[O-])o1. The molecule has 7 nitrogen and oxygen atoms in total. The van der Waals surface area contributed by atoms with E-state index in [9.17, 15) is 14.9 Å². The minimum Gasteiger partial charge on any atom is -0.401 e. The molecule has 0 radical (unpaired) electrons. The zero-order chi connectivity index (χ0) is 14.1. The molecule has 0 aromatic carbocycles. The molecule has 2 aromatic rings. The van der Waals surface area contributed by atoms with Gasteiger partial charge in [0.05, 0.1) is 10.9 Å². The van der Waals surface area contributed by atoms with Crippen LogP contribution in [0.1, 0.15) is 10.6 Å². The fourth-order valence-electron chi connectivity index (χ4n) is 1.57. The van der Waals surface area contributed by atoms with Crippen LogP contribution in [0.2, 0.25) is 0 Å². The number of esters is 1. The number of hydrogen-bond acceptors (Lipinski definition) is 7. The lowest BCUT2D eigenvalue weighted by atomic mass is 10.3. The van der Waals surface area contributed by atoms with Crippen molar-refractivity contribution in [2.75, 3.05) is 0 Å². The number of aliphatic imine (C=N–C) groups is 1. The van der Waals surface area contributed by atoms with Crippen molar-refractivity contribution in [3.8, 4) is 0 Å². The van der Waals surface area contributed by atoms with Gasteiger partial charge in [0.1, 0.15) is 10.7 Å². The number of thiophene rings is 1. The minimum absolute atomic E-state index is 0.0395. The smallest absolute Gasteiger partial charge is 0.401 e. The summed E-state index contributed by atoms with van der Waals surface area (Å²) in [5.41, 5.74) is 0.0395. The molecule has 8 heteroatoms. The largest absolute Gasteiger partial charge is 0.433 e. The molecule has 0 saturated heterocycles. The second-order valence-corrected chi connectivity index (χ2v) is 4.69. The molecule has 0 spiro atoms. The molecule has 20 heavy (non-hydrogen) atoms. The maximum absolute atomic E-state index is 11.6. The number of ether oxygens (including phenoxy) is 1. The number of nitro groups is 1. The number of rotatable bonds is 3. The number of cyclic esters (lactones) is 1. The third-order valence-corrected chi connectivity index (χ3v) is 3.28. The van der Waals surface area contributed by atoms with Crippen LogP contribution in [0.25, 0.3) is 6.08 Å². The van der Waals surface area contributed by atoms with Crippen molar-refractivity contribution < 1.29 is 18.9 Å². The lowest BCUT2D eigenvalue weighted by Crippen LogP contribution is -2.03. The van der Waals surface area contributed by atoms with Gasteiger partial charge in [-0.05, 0) is 17.5 Å². The number of carbonyl (C=O) groups excluding carboxylic acids is 1. The van der Waals surface area contributed by atoms with E-state index in [0.29, 0.717) is 0 Å². The molecule has 3 rings (SSSR count). The fourth-order valence-corrected chi connectivity index (χ4v) is 2.22. The summed E-state index contributed by atoms with van der Waals surface area (Å²) in [6.45, 7) is 0. The van der Waals surface area contributed by atoms with Crippen LogP contribution in [0.15, 0.2) is 44.8 Å². The van der Waals surface area contributed by atoms with E-state index in [0.717, 1.165) is 4.88 Å². The number of furan rings is 1. The average molecular weight is 290 g/mol. The molecular formula is C12H6N2O5S. The zero-order valence-corrected chi connectivity index (χ0v) is 10.6. The monoisotopic (exact) mass is 290 g/mol. The van der Waals surface area contributed by atoms with Crippen LogP contribution in [0.5, 0.6) is 0 Å². The van der Waals surface area contributed by atoms with Crippen molar-refractivity contribution in [3.05, 3.63) is 56.1 Å². The molecule has 100 valence electrons. The normalized spacial score (nSPS) is 16.3. The van der Waals surface area contributed by atoms with Gasteiger partial charge in [-0.2, -0.15) is 0 Å². The second-order valence-electron chi connectivity index (χ2n) is 3.75. The first-order chi connectivity index (χ1) is 9.63. The van der Waals surface area contributed by atoms with E-state index >= 15 is 0 Å². The maximum Gasteiger partial charge on any atom is 0.433 e. The highest BCUT2D eigenvalue weighted by Crippen LogP contribution is 2.23. The molecule has 3 heterocycles. The van der Waals surface area contributed by atoms with E-state index in [4.69, 9.17) is 9.15 Å². The Hall–Kier alpha value is -2.74. The van der Waals surface area contributed by atoms with Gasteiger partial charge in [-0.25, -0.2) is 9.79 Å². The summed E-state index contributed by atoms with van der Waals surface area (Å²) in [7, 11) is 0. The summed E-state index contributed by atoms with van der Waals surface area (Å²) < 4.78 is 9.95. The quantitative estimate of drug-likeness (QED) is 0.375. The van der Waals surface area contributed by atoms with Crippen LogP contribution < -0.4 is 0 Å². The second kappa shape index (κ2) is 4.74. The van der Waals surface area contributed by atoms with Crippen LogP contribution in [0, 0.1) is 10.1 Å². The van der Waals surface area contributed by atoms with Gasteiger partial charge in [0.25, 0.3) is 0 Å². The Morgan fingerprint density at radius 3 is 2.85 bits per heavy atom. The summed E-state index contributed by atoms with van der Waals surface area (Å²) in [6, 6.07) is 6.18. The zero-order valence-electron chi connectivity index (χ0n) is 9.81. The molecule has 1 aliphatic heterocycles. The van der Waals surface area contributed by atoms with Crippen LogP contribution >= 0.6 is 11.3 Å². The van der Waals surface area contributed by atoms with Crippen molar-refractivity contribution in [1.29, 1.82) is 0 Å². The van der Waals surface area contributed by atoms with Gasteiger partial charge < -0.3 is 9.15 Å². The van der Waals surface area contributed by atoms with Crippen LogP contribution in [0.3, 0.4) is 0 Å². The van der Waals surface area contributed by atoms with Gasteiger partial charge >= 0.3 is 11.9 Å². The molecule has 0 N–H and O–H groups in total. The summed E-state index contributed by atoms with van der Waals surface area (Å²) in [5, 5.41) is 12.3. The standard InChI is InChI=1S/C12H6N2O5S/c15-12-8(6-7-3-4-10(18-7)14(16)17)13-11(19-12)9-2-1-5-20-9/h1-6H/b8-6-. The molecule has 0 saturated carbocycles. The van der Waals surface area contributed by atoms with Gasteiger partial charge in [-0.15, -0.1) is 11.3 Å². The number of nitrogens with zero attached hydrogens (tertiary/aromatic N) is 2. The molecular weight excluding hydrogens is 284 g/mol. The highest BCUT2D eigenvalue weighted by atomic mass is 32.1. The predicted octanol–water partition coefficient (Wildman–Crippen LogP) is 2.59. The van der Waals surface area contributed by atoms with Crippen molar-refractivity contribution in [2.24, 2.45) is 4.99 Å². The third-order valence-electron chi connectivity index (χ3n) is 2.42. The number of hydrogen-bond donors (Lipinski definition) is 0. The summed E-state index contributed by atoms with van der Waals surface area (Å²) in [6.07, 6.45) is 1.30. The first-order valence-corrected chi connectivity index (χ1v) is 6.32. The molecule has 0 fully saturated rings. The van der Waals surface area contributed by atoms with E-state index in [2.05, 4.69) is 4.99 Å². The molecule has 0 amide bonds. The van der Waals surface area contributed by atoms with Crippen LogP contribution in [-0.2, 0) is 9.53 Å². The Bertz CT molecular complexity index is 742. The Morgan fingerprint density at radius 1 is 1.35 bits per heavy atom. The summed E-state index contributed by atoms with van der Waals surface area (Å²) >= 11 is 1.39. The van der Waals surface area contributed by atoms with E-state index in [-0.39, 0.29) is 17.4 Å². The highest BCUT2D eigenvalue weighted by Gasteiger charge is 2.25. The molecule has 1 aliphatic rings. The number of carbonyl (C=O) groups is 1. The molecule has 0 unspecified atom stereocenters. The maximum atomic E-state index is 11.6. The van der Waals surface area contributed by atoms with E-state index in [1.807, 2.05) is 11.4 Å². The summed E-state index contributed by atoms with van der Waals surface area (Å²) in [4.78, 5) is 26.3. The van der Waals surface area contributed by atoms with Crippen molar-refractivity contribution in [1.82, 2.24) is 0 Å². The van der Waals surface area contributed by atoms with Crippen molar-refractivity contribution >= 4 is 35.2 Å². The summed E-state index contributed by atoms with van der Waals surface area (Å²) in [5.74, 6) is -0.629. The highest BCUT2D eigenvalue weighted by molar-refractivity contribution is 7.12. The predicted molar refractivity (Wildman–Crippen MR) is 70.3 cm³/mol. The van der Waals surface area contributed by atoms with Crippen molar-refractivity contribution in [2.45, 2.75) is 0 Å². The molecule has 0 bridgehead atoms. The Morgan fingerprint density at radius 2 is 2.20 bits per heavy atom. The minimum atomic E-state index is -0.657. The third kappa shape index (κ3) is 2.24. The van der Waals surface area contributed by atoms with E-state index in [1.165, 1.54) is 29.5 Å². The lowest BCUT2D eigenvalue weighted by molar-refractivity contribution is -0.402. The molecule has 0 aliphatic carbocycles. The van der Waals surface area contributed by atoms with E-state index in [1.54, 1.807) is 6.07 Å².